The van der Waals surface area contributed by atoms with Crippen LogP contribution in [0.1, 0.15) is 84.2 Å². The minimum atomic E-state index is -1.14. The molecule has 4 saturated heterocycles. The van der Waals surface area contributed by atoms with E-state index in [-0.39, 0.29) is 47.4 Å². The van der Waals surface area contributed by atoms with Gasteiger partial charge in [0.2, 0.25) is 17.8 Å². The molecule has 5 amide bonds. The van der Waals surface area contributed by atoms with Gasteiger partial charge >= 0.3 is 0 Å². The molecule has 4 N–H and O–H groups in total. The van der Waals surface area contributed by atoms with Crippen molar-refractivity contribution >= 4 is 69.5 Å². The monoisotopic (exact) mass is 896 g/mol. The number of hydrogen-bond donors (Lipinski definition) is 3. The van der Waals surface area contributed by atoms with E-state index in [9.17, 15) is 28.8 Å². The van der Waals surface area contributed by atoms with Gasteiger partial charge in [-0.3, -0.25) is 48.8 Å². The first-order valence-electron chi connectivity index (χ1n) is 21.8. The average Bonchev–Trinajstić information content (AvgIpc) is 3.49. The van der Waals surface area contributed by atoms with Crippen LogP contribution >= 0.6 is 11.6 Å². The van der Waals surface area contributed by atoms with Crippen LogP contribution in [0.3, 0.4) is 0 Å². The van der Waals surface area contributed by atoms with E-state index in [1.54, 1.807) is 35.0 Å². The van der Waals surface area contributed by atoms with E-state index in [0.717, 1.165) is 57.0 Å². The maximum atomic E-state index is 15.9. The lowest BCUT2D eigenvalue weighted by molar-refractivity contribution is -0.136. The van der Waals surface area contributed by atoms with Gasteiger partial charge in [-0.1, -0.05) is 17.7 Å². The highest BCUT2D eigenvalue weighted by atomic mass is 35.5. The first-order valence-corrected chi connectivity index (χ1v) is 22.2. The molecule has 2 aromatic heterocycles. The molecule has 9 rings (SSSR count). The van der Waals surface area contributed by atoms with E-state index in [0.29, 0.717) is 57.8 Å². The molecule has 0 aliphatic carbocycles. The maximum Gasteiger partial charge on any atom is 0.293 e. The molecule has 0 spiro atoms. The molecule has 7 heterocycles. The zero-order valence-corrected chi connectivity index (χ0v) is 36.4. The number of likely N-dealkylation sites (tertiary alicyclic amines) is 2. The van der Waals surface area contributed by atoms with Gasteiger partial charge in [0.1, 0.15) is 17.2 Å². The molecule has 3 unspecified atom stereocenters. The largest absolute Gasteiger partial charge is 0.478 e. The van der Waals surface area contributed by atoms with Crippen molar-refractivity contribution in [2.75, 3.05) is 62.6 Å². The Morgan fingerprint density at radius 1 is 0.969 bits per heavy atom. The third-order valence-corrected chi connectivity index (χ3v) is 13.5. The number of nitrogens with two attached hydrogens (primary N) is 1. The number of hydrogen-bond acceptors (Lipinski definition) is 13. The fraction of sp³-hybridized carbons (Fsp3) is 0.467. The Hall–Kier alpha value is -5.98. The molecular weight excluding hydrogens is 847 g/mol. The van der Waals surface area contributed by atoms with Crippen LogP contribution in [0.15, 0.2) is 53.5 Å². The normalized spacial score (nSPS) is 22.5. The summed E-state index contributed by atoms with van der Waals surface area (Å²) in [6.45, 7) is 8.69. The average molecular weight is 897 g/mol. The number of carbonyl (C=O) groups is 5. The molecular formula is C45H50ClFN10O7. The fourth-order valence-corrected chi connectivity index (χ4v) is 9.99. The maximum absolute atomic E-state index is 15.9. The third-order valence-electron chi connectivity index (χ3n) is 13.2. The van der Waals surface area contributed by atoms with E-state index in [4.69, 9.17) is 27.1 Å². The summed E-state index contributed by atoms with van der Waals surface area (Å²) >= 11 is 6.58. The number of pyridine rings is 1. The van der Waals surface area contributed by atoms with Gasteiger partial charge in [0.05, 0.1) is 22.8 Å². The third kappa shape index (κ3) is 8.41. The van der Waals surface area contributed by atoms with Crippen LogP contribution in [0.25, 0.3) is 10.9 Å². The molecule has 0 radical (unpaired) electrons. The van der Waals surface area contributed by atoms with Crippen molar-refractivity contribution < 1.29 is 33.1 Å². The predicted molar refractivity (Wildman–Crippen MR) is 236 cm³/mol. The number of carbonyl (C=O) groups excluding carboxylic acids is 5. The van der Waals surface area contributed by atoms with Gasteiger partial charge in [-0.15, -0.1) is 0 Å². The van der Waals surface area contributed by atoms with E-state index in [1.807, 2.05) is 32.0 Å². The minimum absolute atomic E-state index is 0.0299. The van der Waals surface area contributed by atoms with Crippen LogP contribution in [0.4, 0.5) is 21.8 Å². The Balaban J connectivity index is 0.755. The van der Waals surface area contributed by atoms with Gasteiger partial charge in [0.25, 0.3) is 23.3 Å². The second-order valence-corrected chi connectivity index (χ2v) is 18.2. The number of primary amides is 1. The highest BCUT2D eigenvalue weighted by Crippen LogP contribution is 2.37. The Morgan fingerprint density at radius 3 is 2.45 bits per heavy atom. The Kier molecular flexibility index (Phi) is 11.9. The molecule has 4 fully saturated rings. The van der Waals surface area contributed by atoms with Crippen LogP contribution in [0.5, 0.6) is 5.75 Å². The lowest BCUT2D eigenvalue weighted by atomic mass is 9.85. The number of piperidine rings is 3. The van der Waals surface area contributed by atoms with Crippen molar-refractivity contribution in [3.63, 3.8) is 0 Å². The highest BCUT2D eigenvalue weighted by molar-refractivity contribution is 6.33. The summed E-state index contributed by atoms with van der Waals surface area (Å²) in [7, 11) is 0. The summed E-state index contributed by atoms with van der Waals surface area (Å²) in [5, 5.41) is 6.58. The number of nitrogens with one attached hydrogen (secondary N) is 2. The van der Waals surface area contributed by atoms with Gasteiger partial charge < -0.3 is 25.3 Å². The summed E-state index contributed by atoms with van der Waals surface area (Å²) in [4.78, 5) is 92.2. The van der Waals surface area contributed by atoms with Crippen LogP contribution < -0.4 is 31.6 Å². The van der Waals surface area contributed by atoms with Crippen molar-refractivity contribution in [3.8, 4) is 5.75 Å². The van der Waals surface area contributed by atoms with Crippen LogP contribution in [0.2, 0.25) is 5.02 Å². The number of benzene rings is 2. The minimum Gasteiger partial charge on any atom is -0.478 e. The first kappa shape index (κ1) is 43.3. The topological polar surface area (TPSA) is 205 Å². The van der Waals surface area contributed by atoms with Crippen molar-refractivity contribution in [1.29, 1.82) is 0 Å². The van der Waals surface area contributed by atoms with Crippen LogP contribution in [-0.2, 0) is 14.4 Å². The number of imide groups is 2. The number of ether oxygens (including phenoxy) is 1. The van der Waals surface area contributed by atoms with E-state index in [2.05, 4.69) is 30.3 Å². The van der Waals surface area contributed by atoms with E-state index in [1.165, 1.54) is 0 Å². The number of amides is 5. The van der Waals surface area contributed by atoms with E-state index < -0.39 is 54.3 Å². The van der Waals surface area contributed by atoms with E-state index >= 15 is 4.39 Å². The van der Waals surface area contributed by atoms with Gasteiger partial charge in [0, 0.05) is 74.8 Å². The summed E-state index contributed by atoms with van der Waals surface area (Å²) in [5.41, 5.74) is 7.34. The van der Waals surface area contributed by atoms with Crippen molar-refractivity contribution in [2.45, 2.75) is 76.2 Å². The second kappa shape index (κ2) is 17.5. The predicted octanol–water partition coefficient (Wildman–Crippen LogP) is 3.76. The summed E-state index contributed by atoms with van der Waals surface area (Å²) in [5.74, 6) is -1.80. The first-order chi connectivity index (χ1) is 30.7. The molecule has 5 aliphatic heterocycles. The number of fused-ring (bicyclic) bond motifs is 2. The smallest absolute Gasteiger partial charge is 0.293 e. The van der Waals surface area contributed by atoms with Gasteiger partial charge in [-0.2, -0.15) is 4.98 Å². The Labute approximate surface area is 373 Å². The number of alkyl halides is 1. The summed E-state index contributed by atoms with van der Waals surface area (Å²) in [6, 6.07) is 11.1. The van der Waals surface area contributed by atoms with Gasteiger partial charge in [-0.05, 0) is 94.0 Å². The van der Waals surface area contributed by atoms with Crippen LogP contribution in [-0.4, -0.2) is 129 Å². The number of anilines is 3. The van der Waals surface area contributed by atoms with Crippen molar-refractivity contribution in [3.05, 3.63) is 80.7 Å². The van der Waals surface area contributed by atoms with Gasteiger partial charge in [0.15, 0.2) is 18.2 Å². The molecule has 0 saturated carbocycles. The number of aromatic nitrogens is 3. The van der Waals surface area contributed by atoms with Crippen molar-refractivity contribution in [1.82, 2.24) is 34.6 Å². The molecule has 2 aromatic carbocycles. The molecule has 64 heavy (non-hydrogen) atoms. The molecule has 0 bridgehead atoms. The Bertz CT molecular complexity index is 2610. The zero-order chi connectivity index (χ0) is 45.0. The standard InChI is InChI=1S/C45H50ClFN10O7/c1-24(2)56-35-6-4-28(15-27(35)17-37(44(56)63)64-23-38(48)58)50-40-33(46)18-49-45(52-40)54-12-9-25(10-13-54)19-53-20-29(21-53)55-14-11-30(34(47)22-55)26-3-5-31-32(16-26)43(62)57(42(31)61)36-7-8-39(59)51-41(36)60/h3-6,15-18,24-25,29-30,34,36H,7-14,19-23H2,1-2H3,(H2,48,58)(H,49,50,52)(H,51,59,60). The highest BCUT2D eigenvalue weighted by Gasteiger charge is 2.46. The summed E-state index contributed by atoms with van der Waals surface area (Å²) in [6.07, 6.45) is 3.09. The molecule has 4 aromatic rings. The fourth-order valence-electron chi connectivity index (χ4n) is 9.86. The summed E-state index contributed by atoms with van der Waals surface area (Å²) < 4.78 is 23.0. The SMILES string of the molecule is CC(C)n1c(=O)c(OCC(N)=O)cc2cc(Nc3nc(N4CCC(CN5CC(N6CCC(c7ccc8c(c7)C(=O)N(C7CCC(=O)NC7=O)C8=O)C(F)C6)C5)CC4)ncc3Cl)ccc21. The zero-order valence-electron chi connectivity index (χ0n) is 35.6. The van der Waals surface area contributed by atoms with Crippen molar-refractivity contribution in [2.24, 2.45) is 11.7 Å². The van der Waals surface area contributed by atoms with Gasteiger partial charge in [-0.25, -0.2) is 9.37 Å². The number of rotatable bonds is 12. The molecule has 336 valence electrons. The lowest BCUT2D eigenvalue weighted by Gasteiger charge is -2.49. The molecule has 17 nitrogen and oxygen atoms in total. The molecule has 3 atom stereocenters. The molecule has 5 aliphatic rings. The number of halogens is 2. The second-order valence-electron chi connectivity index (χ2n) is 17.8. The number of nitrogens with zero attached hydrogens (tertiary/aromatic N) is 7. The quantitative estimate of drug-likeness (QED) is 0.174. The Morgan fingerprint density at radius 2 is 1.73 bits per heavy atom. The van der Waals surface area contributed by atoms with Crippen LogP contribution in [0, 0.1) is 5.92 Å². The lowest BCUT2D eigenvalue weighted by Crippen LogP contribution is -2.62. The molecule has 19 heteroatoms.